The molecule has 0 fully saturated rings. The Morgan fingerprint density at radius 2 is 0.444 bits per heavy atom. The van der Waals surface area contributed by atoms with Gasteiger partial charge in [-0.3, -0.25) is 0 Å². The molecule has 0 spiro atoms. The quantitative estimate of drug-likeness (QED) is 0.344. The first-order chi connectivity index (χ1) is 0. The van der Waals surface area contributed by atoms with E-state index < -0.39 is 0 Å². The third kappa shape index (κ3) is 124. The second-order valence-electron chi connectivity index (χ2n) is 0. The summed E-state index contributed by atoms with van der Waals surface area (Å²) in [6, 6.07) is 0. The van der Waals surface area contributed by atoms with E-state index in [1.807, 2.05) is 0 Å². The van der Waals surface area contributed by atoms with E-state index in [0.29, 0.717) is 0 Å². The fourth-order valence-electron chi connectivity index (χ4n) is 0. The first-order valence-corrected chi connectivity index (χ1v) is 0. The van der Waals surface area contributed by atoms with Crippen molar-refractivity contribution < 1.29 is 32.9 Å². The molecule has 0 aromatic carbocycles. The van der Waals surface area contributed by atoms with Crippen LogP contribution in [0.4, 0.5) is 0 Å². The summed E-state index contributed by atoms with van der Waals surface area (Å²) in [5, 5.41) is 0. The summed E-state index contributed by atoms with van der Waals surface area (Å²) in [6.07, 6.45) is 0. The molecule has 0 rings (SSSR count). The van der Waals surface area contributed by atoms with Gasteiger partial charge in [0.25, 0.3) is 0 Å². The Kier molecular flexibility index (Phi) is 3590. The van der Waals surface area contributed by atoms with E-state index in [9.17, 15) is 0 Å². The maximum absolute atomic E-state index is 0. The maximum Gasteiger partial charge on any atom is 0.316 e. The zero-order valence-corrected chi connectivity index (χ0v) is 4.22. The molecule has 0 aromatic rings. The van der Waals surface area contributed by atoms with Gasteiger partial charge >= 0.3 is 74.4 Å². The van der Waals surface area contributed by atoms with Crippen molar-refractivity contribution in [2.24, 2.45) is 0 Å². The molecule has 0 bridgehead atoms. The molecule has 12 N–H and O–H groups in total. The summed E-state index contributed by atoms with van der Waals surface area (Å²) in [4.78, 5) is 0. The molecular weight excluding hydrogens is 195 g/mol. The fraction of sp³-hybridized carbons (Fsp3) is 0. The minimum Gasteiger partial charge on any atom is 0.316 e. The molecule has 0 saturated heterocycles. The van der Waals surface area contributed by atoms with E-state index >= 15 is 0 Å². The fourth-order valence-corrected chi connectivity index (χ4v) is 0. The van der Waals surface area contributed by atoms with Gasteiger partial charge < -0.3 is 32.9 Å². The zero-order chi connectivity index (χ0) is 0. The van der Waals surface area contributed by atoms with Crippen molar-refractivity contribution in [1.29, 1.82) is 0 Å². The van der Waals surface area contributed by atoms with Crippen LogP contribution in [0.3, 0.4) is 0 Å². The Morgan fingerprint density at radius 1 is 0.444 bits per heavy atom. The SMILES string of the molecule is Cl.O.O.O.O.O.O.[KH].[MgH2]. The van der Waals surface area contributed by atoms with Crippen LogP contribution in [0, 0.1) is 0 Å². The van der Waals surface area contributed by atoms with Gasteiger partial charge in [-0.1, -0.05) is 0 Å². The smallest absolute Gasteiger partial charge is 0.316 e. The Balaban J connectivity index is 0. The second kappa shape index (κ2) is 155. The molecule has 0 heterocycles. The molecule has 9 heteroatoms. The molecule has 0 aliphatic carbocycles. The van der Waals surface area contributed by atoms with E-state index in [4.69, 9.17) is 0 Å². The Morgan fingerprint density at radius 3 is 0.444 bits per heavy atom. The number of rotatable bonds is 0. The van der Waals surface area contributed by atoms with Crippen molar-refractivity contribution in [2.75, 3.05) is 0 Å². The first kappa shape index (κ1) is 208. The van der Waals surface area contributed by atoms with Gasteiger partial charge in [-0.2, -0.15) is 0 Å². The summed E-state index contributed by atoms with van der Waals surface area (Å²) in [6.45, 7) is 0. The molecule has 6 nitrogen and oxygen atoms in total. The average Bonchev–Trinajstić information content (AvgIpc) is 0. The van der Waals surface area contributed by atoms with Crippen LogP contribution >= 0.6 is 12.4 Å². The van der Waals surface area contributed by atoms with Gasteiger partial charge in [0.05, 0.1) is 0 Å². The molecule has 0 aromatic heterocycles. The van der Waals surface area contributed by atoms with Gasteiger partial charge in [-0.05, 0) is 0 Å². The van der Waals surface area contributed by atoms with Gasteiger partial charge in [0.15, 0.2) is 0 Å². The van der Waals surface area contributed by atoms with Crippen molar-refractivity contribution in [1.82, 2.24) is 0 Å². The monoisotopic (exact) mass is 210 g/mol. The van der Waals surface area contributed by atoms with Crippen LogP contribution in [0.15, 0.2) is 0 Å². The average molecular weight is 211 g/mol. The molecule has 0 radical (unpaired) electrons. The van der Waals surface area contributed by atoms with Crippen molar-refractivity contribution in [3.8, 4) is 0 Å². The van der Waals surface area contributed by atoms with Crippen LogP contribution in [0.2, 0.25) is 0 Å². The summed E-state index contributed by atoms with van der Waals surface area (Å²) in [7, 11) is 0. The minimum atomic E-state index is 0. The van der Waals surface area contributed by atoms with E-state index in [1.54, 1.807) is 0 Å². The number of hydrogen-bond donors (Lipinski definition) is 0. The van der Waals surface area contributed by atoms with Gasteiger partial charge in [0.1, 0.15) is 0 Å². The first-order valence-electron chi connectivity index (χ1n) is 0. The summed E-state index contributed by atoms with van der Waals surface area (Å²) in [5.74, 6) is 0. The van der Waals surface area contributed by atoms with Gasteiger partial charge in [0, 0.05) is 0 Å². The predicted octanol–water partition coefficient (Wildman–Crippen LogP) is -6.09. The molecule has 0 atom stereocenters. The maximum atomic E-state index is 0. The van der Waals surface area contributed by atoms with Gasteiger partial charge in [-0.15, -0.1) is 12.4 Å². The van der Waals surface area contributed by atoms with Crippen LogP contribution in [0.25, 0.3) is 0 Å². The van der Waals surface area contributed by atoms with E-state index in [2.05, 4.69) is 0 Å². The topological polar surface area (TPSA) is 189 Å². The molecule has 0 aliphatic rings. The van der Waals surface area contributed by atoms with Crippen molar-refractivity contribution in [2.45, 2.75) is 0 Å². The van der Waals surface area contributed by atoms with Crippen molar-refractivity contribution >= 4 is 86.8 Å². The zero-order valence-electron chi connectivity index (χ0n) is 3.41. The van der Waals surface area contributed by atoms with Crippen molar-refractivity contribution in [3.63, 3.8) is 0 Å². The Hall–Kier alpha value is 2.45. The van der Waals surface area contributed by atoms with Crippen LogP contribution in [-0.4, -0.2) is 107 Å². The molecule has 0 amide bonds. The van der Waals surface area contributed by atoms with Crippen LogP contribution in [-0.2, 0) is 0 Å². The van der Waals surface area contributed by atoms with Gasteiger partial charge in [-0.25, -0.2) is 0 Å². The standard InChI is InChI=1S/ClH.K.Mg.6H2O.3H/h1H;;;6*1H2;;;. The second-order valence-corrected chi connectivity index (χ2v) is 0. The third-order valence-electron chi connectivity index (χ3n) is 0. The van der Waals surface area contributed by atoms with Crippen LogP contribution in [0.1, 0.15) is 0 Å². The third-order valence-corrected chi connectivity index (χ3v) is 0. The number of hydrogen-bond acceptors (Lipinski definition) is 0. The molecule has 62 valence electrons. The normalized spacial score (nSPS) is 0. The molecule has 0 saturated carbocycles. The summed E-state index contributed by atoms with van der Waals surface area (Å²) < 4.78 is 0. The molecule has 0 unspecified atom stereocenters. The van der Waals surface area contributed by atoms with Crippen LogP contribution < -0.4 is 0 Å². The van der Waals surface area contributed by atoms with E-state index in [1.165, 1.54) is 0 Å². The molecule has 9 heavy (non-hydrogen) atoms. The summed E-state index contributed by atoms with van der Waals surface area (Å²) >= 11 is 0. The largest absolute Gasteiger partial charge is 0.316 e. The van der Waals surface area contributed by atoms with Crippen LogP contribution in [0.5, 0.6) is 0 Å². The van der Waals surface area contributed by atoms with Gasteiger partial charge in [0.2, 0.25) is 0 Å². The summed E-state index contributed by atoms with van der Waals surface area (Å²) in [5.41, 5.74) is 0. The molecular formula is H16ClKMgO6. The molecule has 0 aliphatic heterocycles. The predicted molar refractivity (Wildman–Crippen MR) is 44.6 cm³/mol. The number of halogens is 1. The van der Waals surface area contributed by atoms with E-state index in [0.717, 1.165) is 0 Å². The Bertz CT molecular complexity index is 13.0. The van der Waals surface area contributed by atoms with E-state index in [-0.39, 0.29) is 120 Å². The van der Waals surface area contributed by atoms with Crippen molar-refractivity contribution in [3.05, 3.63) is 0 Å². The minimum absolute atomic E-state index is 0. The Labute approximate surface area is 118 Å².